The van der Waals surface area contributed by atoms with E-state index in [0.717, 1.165) is 72.7 Å². The molecule has 0 spiro atoms. The van der Waals surface area contributed by atoms with Crippen LogP contribution in [0.3, 0.4) is 0 Å². The van der Waals surface area contributed by atoms with Gasteiger partial charge in [0.05, 0.1) is 22.4 Å². The quantitative estimate of drug-likeness (QED) is 0.113. The minimum absolute atomic E-state index is 0.906. The Balaban J connectivity index is 0.970. The summed E-state index contributed by atoms with van der Waals surface area (Å²) < 4.78 is 4.60. The van der Waals surface area contributed by atoms with Crippen LogP contribution in [-0.2, 0) is 14.1 Å². The predicted molar refractivity (Wildman–Crippen MR) is 262 cm³/mol. The molecule has 0 radical (unpaired) electrons. The number of hydrogen-bond donors (Lipinski definition) is 0. The number of benzene rings is 7. The Morgan fingerprint density at radius 2 is 0.531 bits per heavy atom. The summed E-state index contributed by atoms with van der Waals surface area (Å²) in [5, 5.41) is 2.14. The fourth-order valence-corrected chi connectivity index (χ4v) is 9.42. The third-order valence-electron chi connectivity index (χ3n) is 13.0. The van der Waals surface area contributed by atoms with Gasteiger partial charge in [0.15, 0.2) is 0 Å². The number of nitrogens with zero attached hydrogens (tertiary/aromatic N) is 4. The average molecular weight is 819 g/mol. The molecule has 11 aromatic rings. The molecule has 20 bridgehead atoms. The van der Waals surface area contributed by atoms with Crippen molar-refractivity contribution in [1.29, 1.82) is 0 Å². The van der Waals surface area contributed by atoms with Crippen molar-refractivity contribution in [2.75, 3.05) is 0 Å². The molecule has 0 amide bonds. The van der Waals surface area contributed by atoms with Gasteiger partial charge in [0.2, 0.25) is 11.4 Å². The van der Waals surface area contributed by atoms with Crippen LogP contribution in [0.4, 0.5) is 0 Å². The first-order valence-electron chi connectivity index (χ1n) is 21.8. The average Bonchev–Trinajstić information content (AvgIpc) is 3.36. The molecule has 0 N–H and O–H groups in total. The topological polar surface area (TPSA) is 33.5 Å². The lowest BCUT2D eigenvalue weighted by atomic mass is 9.97. The standard InChI is InChI=1S/C60H42N4/c1-63-55-8-4-10-57(63)58-11-5-9-56(64(58)2)48-30-22-44(23-31-48)52-7-3-6-51(38-52)43-18-26-46(27-19-43)54-37-35-50-33-32-49-34-36-53(61-59(49)60(50)62-54)45-24-16-41(17-25-45)39-12-14-40(15-13-39)42-20-28-47(55)29-21-42/h3-38H,1-2H3/q+2. The van der Waals surface area contributed by atoms with Crippen molar-refractivity contribution in [3.05, 3.63) is 218 Å². The number of aromatic nitrogens is 4. The van der Waals surface area contributed by atoms with Crippen molar-refractivity contribution in [2.45, 2.75) is 0 Å². The SMILES string of the molecule is C[n+]1c2cccc1-c1cccc([n+]1C)-c1ccc(cc1)-c1cccc(c1)-c1ccc(cc1)-c1ccc3ccc4ccc(nc4c3n1)-c1ccc(cc1)-c1ccc(cc1)-c1ccc-2cc1. The predicted octanol–water partition coefficient (Wildman–Crippen LogP) is 13.7. The molecule has 7 aromatic carbocycles. The van der Waals surface area contributed by atoms with Crippen LogP contribution < -0.4 is 9.13 Å². The molecule has 0 saturated heterocycles. The van der Waals surface area contributed by atoms with E-state index in [2.05, 4.69) is 242 Å². The van der Waals surface area contributed by atoms with E-state index in [9.17, 15) is 0 Å². The molecule has 12 heterocycles. The maximum absolute atomic E-state index is 5.24. The van der Waals surface area contributed by atoms with Gasteiger partial charge in [-0.25, -0.2) is 9.97 Å². The monoisotopic (exact) mass is 818 g/mol. The summed E-state index contributed by atoms with van der Waals surface area (Å²) >= 11 is 0. The van der Waals surface area contributed by atoms with Gasteiger partial charge in [-0.2, -0.15) is 9.13 Å². The minimum Gasteiger partial charge on any atom is -0.245 e. The fourth-order valence-electron chi connectivity index (χ4n) is 9.42. The Hall–Kier alpha value is -8.34. The molecule has 4 heteroatoms. The van der Waals surface area contributed by atoms with Gasteiger partial charge in [-0.1, -0.05) is 140 Å². The second-order valence-corrected chi connectivity index (χ2v) is 16.8. The Morgan fingerprint density at radius 3 is 0.906 bits per heavy atom. The van der Waals surface area contributed by atoms with E-state index < -0.39 is 0 Å². The van der Waals surface area contributed by atoms with Crippen molar-refractivity contribution in [3.8, 4) is 101 Å². The van der Waals surface area contributed by atoms with E-state index in [-0.39, 0.29) is 0 Å². The largest absolute Gasteiger partial charge is 0.277 e. The van der Waals surface area contributed by atoms with Gasteiger partial charge in [-0.15, -0.1) is 0 Å². The number of hydrogen-bond acceptors (Lipinski definition) is 2. The highest BCUT2D eigenvalue weighted by Crippen LogP contribution is 2.34. The zero-order valence-electron chi connectivity index (χ0n) is 35.6. The Morgan fingerprint density at radius 1 is 0.250 bits per heavy atom. The molecule has 64 heavy (non-hydrogen) atoms. The van der Waals surface area contributed by atoms with Crippen LogP contribution in [0.2, 0.25) is 0 Å². The molecule has 0 unspecified atom stereocenters. The first-order valence-corrected chi connectivity index (χ1v) is 21.8. The highest BCUT2D eigenvalue weighted by atomic mass is 15.0. The van der Waals surface area contributed by atoms with Crippen molar-refractivity contribution in [1.82, 2.24) is 9.97 Å². The number of rotatable bonds is 0. The van der Waals surface area contributed by atoms with Gasteiger partial charge in [0.1, 0.15) is 14.1 Å². The maximum atomic E-state index is 5.24. The number of fused-ring (bicyclic) bond motifs is 1. The third-order valence-corrected chi connectivity index (χ3v) is 13.0. The fraction of sp³-hybridized carbons (Fsp3) is 0.0333. The van der Waals surface area contributed by atoms with Crippen LogP contribution >= 0.6 is 0 Å². The van der Waals surface area contributed by atoms with E-state index in [4.69, 9.17) is 9.97 Å². The summed E-state index contributed by atoms with van der Waals surface area (Å²) in [5.41, 5.74) is 22.1. The third kappa shape index (κ3) is 6.56. The van der Waals surface area contributed by atoms with Crippen LogP contribution in [0, 0.1) is 0 Å². The summed E-state index contributed by atoms with van der Waals surface area (Å²) in [4.78, 5) is 10.5. The Labute approximate surface area is 372 Å². The van der Waals surface area contributed by atoms with Gasteiger partial charge in [-0.05, 0) is 99.1 Å². The molecule has 0 saturated carbocycles. The van der Waals surface area contributed by atoms with E-state index in [1.807, 2.05) is 0 Å². The molecular formula is C60H42N4+2. The van der Waals surface area contributed by atoms with Crippen molar-refractivity contribution in [2.24, 2.45) is 14.1 Å². The minimum atomic E-state index is 0.906. The summed E-state index contributed by atoms with van der Waals surface area (Å²) in [6.07, 6.45) is 0. The van der Waals surface area contributed by atoms with Crippen LogP contribution in [0.1, 0.15) is 0 Å². The van der Waals surface area contributed by atoms with Gasteiger partial charge in [-0.3, -0.25) is 0 Å². The number of pyridine rings is 4. The lowest BCUT2D eigenvalue weighted by Gasteiger charge is -2.10. The normalized spacial score (nSPS) is 11.6. The summed E-state index contributed by atoms with van der Waals surface area (Å²) in [6, 6.07) is 79.0. The summed E-state index contributed by atoms with van der Waals surface area (Å²) in [6.45, 7) is 0. The Kier molecular flexibility index (Phi) is 8.91. The zero-order chi connectivity index (χ0) is 42.7. The molecule has 0 atom stereocenters. The van der Waals surface area contributed by atoms with E-state index in [1.165, 1.54) is 50.1 Å². The molecule has 19 rings (SSSR count). The van der Waals surface area contributed by atoms with Crippen LogP contribution in [0.5, 0.6) is 0 Å². The van der Waals surface area contributed by atoms with Crippen LogP contribution in [0.25, 0.3) is 123 Å². The van der Waals surface area contributed by atoms with E-state index in [1.54, 1.807) is 0 Å². The summed E-state index contributed by atoms with van der Waals surface area (Å²) in [7, 11) is 4.32. The smallest absolute Gasteiger partial charge is 0.245 e. The lowest BCUT2D eigenvalue weighted by molar-refractivity contribution is -0.679. The first-order chi connectivity index (χ1) is 31.5. The first kappa shape index (κ1) is 37.4. The second kappa shape index (κ2) is 15.2. The highest BCUT2D eigenvalue weighted by Gasteiger charge is 2.25. The van der Waals surface area contributed by atoms with Crippen LogP contribution in [0.15, 0.2) is 218 Å². The molecular weight excluding hydrogens is 777 g/mol. The van der Waals surface area contributed by atoms with E-state index >= 15 is 0 Å². The van der Waals surface area contributed by atoms with Crippen molar-refractivity contribution in [3.63, 3.8) is 0 Å². The molecule has 4 aromatic heterocycles. The van der Waals surface area contributed by atoms with Crippen molar-refractivity contribution < 1.29 is 9.13 Å². The summed E-state index contributed by atoms with van der Waals surface area (Å²) in [5.74, 6) is 0. The molecule has 0 aliphatic carbocycles. The molecule has 4 nitrogen and oxygen atoms in total. The van der Waals surface area contributed by atoms with Crippen LogP contribution in [-0.4, -0.2) is 9.97 Å². The zero-order valence-corrected chi connectivity index (χ0v) is 35.6. The molecule has 300 valence electrons. The molecule has 0 fully saturated rings. The second-order valence-electron chi connectivity index (χ2n) is 16.8. The highest BCUT2D eigenvalue weighted by molar-refractivity contribution is 6.04. The van der Waals surface area contributed by atoms with Gasteiger partial charge >= 0.3 is 0 Å². The maximum Gasteiger partial charge on any atom is 0.277 e. The molecule has 8 aliphatic heterocycles. The van der Waals surface area contributed by atoms with E-state index in [0.29, 0.717) is 0 Å². The van der Waals surface area contributed by atoms with Gasteiger partial charge in [0.25, 0.3) is 11.4 Å². The molecule has 8 aliphatic rings. The lowest BCUT2D eigenvalue weighted by Crippen LogP contribution is -2.41. The van der Waals surface area contributed by atoms with Gasteiger partial charge < -0.3 is 0 Å². The van der Waals surface area contributed by atoms with Crippen molar-refractivity contribution >= 4 is 21.8 Å². The Bertz CT molecular complexity index is 3570. The van der Waals surface area contributed by atoms with Gasteiger partial charge in [0, 0.05) is 57.3 Å².